The second-order valence-electron chi connectivity index (χ2n) is 4.18. The van der Waals surface area contributed by atoms with Crippen LogP contribution in [-0.2, 0) is 0 Å². The highest BCUT2D eigenvalue weighted by Gasteiger charge is 2.03. The highest BCUT2D eigenvalue weighted by molar-refractivity contribution is 6.31. The predicted octanol–water partition coefficient (Wildman–Crippen LogP) is 4.59. The predicted molar refractivity (Wildman–Crippen MR) is 73.0 cm³/mol. The molecule has 2 aromatic carbocycles. The Bertz CT molecular complexity index is 682. The average Bonchev–Trinajstić information content (AvgIpc) is 2.76. The van der Waals surface area contributed by atoms with Crippen molar-refractivity contribution in [3.05, 3.63) is 65.3 Å². The summed E-state index contributed by atoms with van der Waals surface area (Å²) in [4.78, 5) is 0. The summed E-state index contributed by atoms with van der Waals surface area (Å²) in [7, 11) is 0. The van der Waals surface area contributed by atoms with Gasteiger partial charge in [0, 0.05) is 16.9 Å². The van der Waals surface area contributed by atoms with Crippen molar-refractivity contribution in [2.45, 2.75) is 6.92 Å². The zero-order chi connectivity index (χ0) is 11.8. The van der Waals surface area contributed by atoms with E-state index < -0.39 is 0 Å². The lowest BCUT2D eigenvalue weighted by Crippen LogP contribution is -1.91. The normalized spacial score (nSPS) is 10.9. The number of benzene rings is 2. The van der Waals surface area contributed by atoms with E-state index in [9.17, 15) is 0 Å². The van der Waals surface area contributed by atoms with E-state index in [0.29, 0.717) is 0 Å². The molecule has 0 aliphatic heterocycles. The van der Waals surface area contributed by atoms with E-state index in [1.165, 1.54) is 10.9 Å². The smallest absolute Gasteiger partial charge is 0.0528 e. The Kier molecular flexibility index (Phi) is 2.41. The number of para-hydroxylation sites is 1. The van der Waals surface area contributed by atoms with E-state index in [-0.39, 0.29) is 0 Å². The molecule has 84 valence electrons. The molecule has 17 heavy (non-hydrogen) atoms. The molecule has 0 saturated heterocycles. The first kappa shape index (κ1) is 10.4. The minimum absolute atomic E-state index is 0.806. The summed E-state index contributed by atoms with van der Waals surface area (Å²) in [5, 5.41) is 2.05. The number of aromatic nitrogens is 1. The molecule has 3 rings (SSSR count). The number of fused-ring (bicyclic) bond motifs is 1. The SMILES string of the molecule is Cc1ccc(-n2ccc3ccccc32)cc1Cl. The van der Waals surface area contributed by atoms with Gasteiger partial charge in [0.25, 0.3) is 0 Å². The van der Waals surface area contributed by atoms with Gasteiger partial charge in [-0.05, 0) is 42.1 Å². The van der Waals surface area contributed by atoms with Crippen molar-refractivity contribution in [2.75, 3.05) is 0 Å². The lowest BCUT2D eigenvalue weighted by atomic mass is 10.2. The number of hydrogen-bond acceptors (Lipinski definition) is 0. The summed E-state index contributed by atoms with van der Waals surface area (Å²) in [6.45, 7) is 2.01. The summed E-state index contributed by atoms with van der Waals surface area (Å²) in [6, 6.07) is 16.6. The second kappa shape index (κ2) is 3.94. The molecule has 0 amide bonds. The molecule has 0 unspecified atom stereocenters. The Balaban J connectivity index is 2.24. The molecule has 1 heterocycles. The maximum atomic E-state index is 6.17. The fourth-order valence-corrected chi connectivity index (χ4v) is 2.21. The molecular weight excluding hydrogens is 230 g/mol. The third kappa shape index (κ3) is 1.73. The quantitative estimate of drug-likeness (QED) is 0.587. The topological polar surface area (TPSA) is 4.93 Å². The molecule has 0 aliphatic carbocycles. The van der Waals surface area contributed by atoms with Crippen molar-refractivity contribution in [3.63, 3.8) is 0 Å². The van der Waals surface area contributed by atoms with E-state index >= 15 is 0 Å². The van der Waals surface area contributed by atoms with Crippen LogP contribution in [0, 0.1) is 6.92 Å². The fraction of sp³-hybridized carbons (Fsp3) is 0.0667. The first-order valence-corrected chi connectivity index (χ1v) is 5.96. The van der Waals surface area contributed by atoms with Gasteiger partial charge in [-0.2, -0.15) is 0 Å². The van der Waals surface area contributed by atoms with Crippen LogP contribution in [0.3, 0.4) is 0 Å². The summed E-state index contributed by atoms with van der Waals surface area (Å²) < 4.78 is 2.15. The lowest BCUT2D eigenvalue weighted by molar-refractivity contribution is 1.12. The first-order valence-electron chi connectivity index (χ1n) is 5.58. The van der Waals surface area contributed by atoms with Crippen LogP contribution >= 0.6 is 11.6 Å². The minimum Gasteiger partial charge on any atom is -0.317 e. The van der Waals surface area contributed by atoms with Crippen LogP contribution in [0.1, 0.15) is 5.56 Å². The monoisotopic (exact) mass is 241 g/mol. The molecule has 0 fully saturated rings. The Hall–Kier alpha value is -1.73. The molecule has 0 bridgehead atoms. The fourth-order valence-electron chi connectivity index (χ4n) is 2.04. The molecular formula is C15H12ClN. The zero-order valence-electron chi connectivity index (χ0n) is 9.52. The van der Waals surface area contributed by atoms with Gasteiger partial charge >= 0.3 is 0 Å². The van der Waals surface area contributed by atoms with Gasteiger partial charge in [-0.15, -0.1) is 0 Å². The van der Waals surface area contributed by atoms with Crippen LogP contribution in [0.25, 0.3) is 16.6 Å². The molecule has 3 aromatic rings. The molecule has 0 N–H and O–H groups in total. The van der Waals surface area contributed by atoms with E-state index in [0.717, 1.165) is 16.3 Å². The number of halogens is 1. The van der Waals surface area contributed by atoms with Gasteiger partial charge in [-0.1, -0.05) is 35.9 Å². The van der Waals surface area contributed by atoms with Gasteiger partial charge in [0.2, 0.25) is 0 Å². The highest BCUT2D eigenvalue weighted by Crippen LogP contribution is 2.24. The molecule has 2 heteroatoms. The largest absolute Gasteiger partial charge is 0.317 e. The third-order valence-electron chi connectivity index (χ3n) is 3.03. The summed E-state index contributed by atoms with van der Waals surface area (Å²) >= 11 is 6.17. The van der Waals surface area contributed by atoms with E-state index in [1.54, 1.807) is 0 Å². The Morgan fingerprint density at radius 2 is 1.82 bits per heavy atom. The van der Waals surface area contributed by atoms with E-state index in [2.05, 4.69) is 47.2 Å². The van der Waals surface area contributed by atoms with Crippen LogP contribution in [-0.4, -0.2) is 4.57 Å². The molecule has 0 spiro atoms. The van der Waals surface area contributed by atoms with Crippen molar-refractivity contribution in [1.82, 2.24) is 4.57 Å². The van der Waals surface area contributed by atoms with E-state index in [1.807, 2.05) is 19.1 Å². The number of rotatable bonds is 1. The van der Waals surface area contributed by atoms with Crippen LogP contribution < -0.4 is 0 Å². The zero-order valence-corrected chi connectivity index (χ0v) is 10.3. The first-order chi connectivity index (χ1) is 8.25. The van der Waals surface area contributed by atoms with E-state index in [4.69, 9.17) is 11.6 Å². The van der Waals surface area contributed by atoms with Crippen LogP contribution in [0.15, 0.2) is 54.7 Å². The maximum absolute atomic E-state index is 6.17. The van der Waals surface area contributed by atoms with Crippen molar-refractivity contribution < 1.29 is 0 Å². The van der Waals surface area contributed by atoms with Gasteiger partial charge in [-0.3, -0.25) is 0 Å². The highest BCUT2D eigenvalue weighted by atomic mass is 35.5. The summed E-state index contributed by atoms with van der Waals surface area (Å²) in [5.41, 5.74) is 3.40. The summed E-state index contributed by atoms with van der Waals surface area (Å²) in [6.07, 6.45) is 2.08. The van der Waals surface area contributed by atoms with Gasteiger partial charge in [0.1, 0.15) is 0 Å². The Morgan fingerprint density at radius 3 is 2.65 bits per heavy atom. The van der Waals surface area contributed by atoms with Crippen molar-refractivity contribution in [2.24, 2.45) is 0 Å². The van der Waals surface area contributed by atoms with Crippen molar-refractivity contribution in [3.8, 4) is 5.69 Å². The van der Waals surface area contributed by atoms with Gasteiger partial charge in [0.15, 0.2) is 0 Å². The van der Waals surface area contributed by atoms with Crippen LogP contribution in [0.5, 0.6) is 0 Å². The number of nitrogens with zero attached hydrogens (tertiary/aromatic N) is 1. The molecule has 1 aromatic heterocycles. The van der Waals surface area contributed by atoms with Crippen molar-refractivity contribution in [1.29, 1.82) is 0 Å². The number of aryl methyl sites for hydroxylation is 1. The van der Waals surface area contributed by atoms with Crippen LogP contribution in [0.2, 0.25) is 5.02 Å². The van der Waals surface area contributed by atoms with Crippen molar-refractivity contribution >= 4 is 22.5 Å². The number of hydrogen-bond donors (Lipinski definition) is 0. The average molecular weight is 242 g/mol. The lowest BCUT2D eigenvalue weighted by Gasteiger charge is -2.07. The third-order valence-corrected chi connectivity index (χ3v) is 3.44. The Morgan fingerprint density at radius 1 is 1.00 bits per heavy atom. The standard InChI is InChI=1S/C15H12ClN/c1-11-6-7-13(10-14(11)16)17-9-8-12-4-2-3-5-15(12)17/h2-10H,1H3. The van der Waals surface area contributed by atoms with Gasteiger partial charge < -0.3 is 4.57 Å². The Labute approximate surface area is 105 Å². The summed E-state index contributed by atoms with van der Waals surface area (Å²) in [5.74, 6) is 0. The molecule has 0 saturated carbocycles. The molecule has 0 radical (unpaired) electrons. The second-order valence-corrected chi connectivity index (χ2v) is 4.59. The molecule has 0 aliphatic rings. The van der Waals surface area contributed by atoms with Gasteiger partial charge in [-0.25, -0.2) is 0 Å². The molecule has 0 atom stereocenters. The van der Waals surface area contributed by atoms with Crippen LogP contribution in [0.4, 0.5) is 0 Å². The maximum Gasteiger partial charge on any atom is 0.0528 e. The van der Waals surface area contributed by atoms with Gasteiger partial charge in [0.05, 0.1) is 5.52 Å². The minimum atomic E-state index is 0.806. The molecule has 1 nitrogen and oxygen atoms in total.